The van der Waals surface area contributed by atoms with Gasteiger partial charge >= 0.3 is 0 Å². The zero-order valence-electron chi connectivity index (χ0n) is 29.7. The highest BCUT2D eigenvalue weighted by molar-refractivity contribution is 8.33. The third-order valence-electron chi connectivity index (χ3n) is 10.8. The minimum atomic E-state index is -1.23. The number of rotatable bonds is 6. The van der Waals surface area contributed by atoms with Gasteiger partial charge in [-0.15, -0.1) is 11.3 Å². The normalized spacial score (nSPS) is 13.5. The molecule has 0 N–H and O–H groups in total. The number of benzene rings is 8. The summed E-state index contributed by atoms with van der Waals surface area (Å²) in [4.78, 5) is 5.49. The summed E-state index contributed by atoms with van der Waals surface area (Å²) < 4.78 is 2.59. The fourth-order valence-corrected chi connectivity index (χ4v) is 12.1. The van der Waals surface area contributed by atoms with Crippen molar-refractivity contribution in [2.75, 3.05) is 17.4 Å². The Morgan fingerprint density at radius 3 is 1.66 bits per heavy atom. The molecule has 1 aliphatic heterocycles. The van der Waals surface area contributed by atoms with Crippen molar-refractivity contribution < 1.29 is 0 Å². The molecule has 0 amide bonds. The van der Waals surface area contributed by atoms with Gasteiger partial charge in [-0.2, -0.15) is 10.0 Å². The van der Waals surface area contributed by atoms with Crippen molar-refractivity contribution in [2.45, 2.75) is 9.79 Å². The average molecular weight is 716 g/mol. The van der Waals surface area contributed by atoms with E-state index in [-0.39, 0.29) is 0 Å². The van der Waals surface area contributed by atoms with Crippen LogP contribution in [-0.2, 0) is 0 Å². The predicted octanol–water partition coefficient (Wildman–Crippen LogP) is 15.0. The monoisotopic (exact) mass is 715 g/mol. The first-order chi connectivity index (χ1) is 26.1. The maximum Gasteiger partial charge on any atom is 0.0555 e. The van der Waals surface area contributed by atoms with Gasteiger partial charge in [-0.05, 0) is 88.4 Å². The Kier molecular flexibility index (Phi) is 7.61. The van der Waals surface area contributed by atoms with Gasteiger partial charge < -0.3 is 4.90 Å². The molecule has 1 aromatic heterocycles. The molecule has 0 radical (unpaired) electrons. The number of hydrogen-bond donors (Lipinski definition) is 0. The molecule has 2 heterocycles. The van der Waals surface area contributed by atoms with Crippen LogP contribution in [0.5, 0.6) is 0 Å². The highest BCUT2D eigenvalue weighted by atomic mass is 32.3. The lowest BCUT2D eigenvalue weighted by Gasteiger charge is -2.33. The van der Waals surface area contributed by atoms with E-state index in [0.717, 1.165) is 5.69 Å². The Morgan fingerprint density at radius 1 is 0.377 bits per heavy atom. The fourth-order valence-electron chi connectivity index (χ4n) is 8.41. The van der Waals surface area contributed by atoms with Crippen molar-refractivity contribution in [1.82, 2.24) is 0 Å². The van der Waals surface area contributed by atoms with Gasteiger partial charge in [0.2, 0.25) is 0 Å². The fraction of sp³-hybridized carbons (Fsp3) is 0.0400. The molecule has 53 heavy (non-hydrogen) atoms. The molecule has 8 aromatic carbocycles. The molecule has 0 aliphatic carbocycles. The van der Waals surface area contributed by atoms with Gasteiger partial charge in [0.05, 0.1) is 17.1 Å². The van der Waals surface area contributed by atoms with Gasteiger partial charge in [-0.3, -0.25) is 0 Å². The van der Waals surface area contributed by atoms with E-state index in [9.17, 15) is 0 Å². The van der Waals surface area contributed by atoms with Gasteiger partial charge in [0.15, 0.2) is 0 Å². The lowest BCUT2D eigenvalue weighted by molar-refractivity contribution is 1.28. The molecule has 0 spiro atoms. The Hall–Kier alpha value is -5.87. The molecule has 1 nitrogen and oxygen atoms in total. The minimum absolute atomic E-state index is 1.16. The van der Waals surface area contributed by atoms with Gasteiger partial charge in [0, 0.05) is 41.1 Å². The van der Waals surface area contributed by atoms with Gasteiger partial charge in [0.1, 0.15) is 0 Å². The van der Waals surface area contributed by atoms with E-state index in [1.165, 1.54) is 85.8 Å². The second kappa shape index (κ2) is 12.7. The van der Waals surface area contributed by atoms with Crippen LogP contribution < -0.4 is 4.90 Å². The van der Waals surface area contributed by atoms with Crippen molar-refractivity contribution in [1.29, 1.82) is 0 Å². The number of hydrogen-bond acceptors (Lipinski definition) is 2. The zero-order chi connectivity index (χ0) is 35.5. The van der Waals surface area contributed by atoms with E-state index >= 15 is 0 Å². The summed E-state index contributed by atoms with van der Waals surface area (Å²) in [5.41, 5.74) is 13.5. The number of thiophene rings is 1. The molecule has 0 atom stereocenters. The van der Waals surface area contributed by atoms with E-state index in [1.54, 1.807) is 0 Å². The van der Waals surface area contributed by atoms with E-state index in [4.69, 9.17) is 0 Å². The predicted molar refractivity (Wildman–Crippen MR) is 232 cm³/mol. The van der Waals surface area contributed by atoms with Gasteiger partial charge in [-0.1, -0.05) is 146 Å². The van der Waals surface area contributed by atoms with Gasteiger partial charge in [-0.25, -0.2) is 0 Å². The first-order valence-corrected chi connectivity index (χ1v) is 21.4. The lowest BCUT2D eigenvalue weighted by Crippen LogP contribution is -2.13. The topological polar surface area (TPSA) is 3.24 Å². The number of fused-ring (bicyclic) bond motifs is 6. The quantitative estimate of drug-likeness (QED) is 0.166. The molecule has 10 rings (SSSR count). The van der Waals surface area contributed by atoms with Crippen LogP contribution >= 0.6 is 21.4 Å². The lowest BCUT2D eigenvalue weighted by atomic mass is 9.87. The van der Waals surface area contributed by atoms with E-state index in [1.807, 2.05) is 11.3 Å². The van der Waals surface area contributed by atoms with Crippen molar-refractivity contribution >= 4 is 58.6 Å². The maximum absolute atomic E-state index is 2.60. The Balaban J connectivity index is 1.37. The molecule has 254 valence electrons. The first-order valence-electron chi connectivity index (χ1n) is 18.1. The smallest absolute Gasteiger partial charge is 0.0555 e. The van der Waals surface area contributed by atoms with E-state index in [0.29, 0.717) is 0 Å². The van der Waals surface area contributed by atoms with Crippen LogP contribution in [0.1, 0.15) is 0 Å². The van der Waals surface area contributed by atoms with E-state index < -0.39 is 10.0 Å². The summed E-state index contributed by atoms with van der Waals surface area (Å²) in [6, 6.07) is 69.4. The molecule has 1 aliphatic rings. The van der Waals surface area contributed by atoms with Crippen LogP contribution in [0.2, 0.25) is 0 Å². The van der Waals surface area contributed by atoms with Crippen molar-refractivity contribution in [3.05, 3.63) is 188 Å². The summed E-state index contributed by atoms with van der Waals surface area (Å²) in [5, 5.41) is 2.58. The zero-order valence-corrected chi connectivity index (χ0v) is 31.3. The second-order valence-electron chi connectivity index (χ2n) is 14.0. The Morgan fingerprint density at radius 2 is 0.887 bits per heavy atom. The summed E-state index contributed by atoms with van der Waals surface area (Å²) in [6.45, 7) is 0. The summed E-state index contributed by atoms with van der Waals surface area (Å²) in [6.07, 6.45) is 4.91. The summed E-state index contributed by atoms with van der Waals surface area (Å²) in [7, 11) is -1.23. The molecular weight excluding hydrogens is 679 g/mol. The molecular formula is C50H37NS2. The minimum Gasteiger partial charge on any atom is -0.309 e. The maximum atomic E-state index is 2.60. The Labute approximate surface area is 316 Å². The third-order valence-corrected chi connectivity index (χ3v) is 14.8. The standard InChI is InChI=1S/C50H37NS2/c1-53(2)46-32-14-12-25-40(46)50-43(29-17-33-47(50)53)51(42-28-16-31-45-49(42)39-24-11-13-30-44(39)52-45)41-27-15-26-37(35-20-7-4-8-21-35)48(41)38-23-10-9-22-36(38)34-18-5-3-6-19-34/h3-33H,1-2H3. The van der Waals surface area contributed by atoms with Crippen LogP contribution in [-0.4, -0.2) is 12.5 Å². The van der Waals surface area contributed by atoms with Crippen molar-refractivity contribution in [3.8, 4) is 44.5 Å². The average Bonchev–Trinajstić information content (AvgIpc) is 3.71. The van der Waals surface area contributed by atoms with Crippen molar-refractivity contribution in [3.63, 3.8) is 0 Å². The molecule has 9 aromatic rings. The molecule has 0 saturated carbocycles. The summed E-state index contributed by atoms with van der Waals surface area (Å²) in [5.74, 6) is 0. The largest absolute Gasteiger partial charge is 0.309 e. The highest BCUT2D eigenvalue weighted by Gasteiger charge is 2.36. The third kappa shape index (κ3) is 5.07. The van der Waals surface area contributed by atoms with Crippen LogP contribution in [0.4, 0.5) is 17.1 Å². The first kappa shape index (κ1) is 31.8. The molecule has 0 unspecified atom stereocenters. The van der Waals surface area contributed by atoms with Gasteiger partial charge in [0.25, 0.3) is 0 Å². The SMILES string of the molecule is CS1(C)c2ccccc2-c2c(N(c3cccc(-c4ccccc4)c3-c3ccccc3-c3ccccc3)c3cccc4sc5ccccc5c34)cccc21. The van der Waals surface area contributed by atoms with Crippen molar-refractivity contribution in [2.24, 2.45) is 0 Å². The number of nitrogens with zero attached hydrogens (tertiary/aromatic N) is 1. The second-order valence-corrected chi connectivity index (χ2v) is 18.7. The van der Waals surface area contributed by atoms with Crippen LogP contribution in [0.3, 0.4) is 0 Å². The highest BCUT2D eigenvalue weighted by Crippen LogP contribution is 2.69. The summed E-state index contributed by atoms with van der Waals surface area (Å²) >= 11 is 1.88. The molecule has 3 heteroatoms. The molecule has 0 fully saturated rings. The Bertz CT molecular complexity index is 2810. The van der Waals surface area contributed by atoms with Crippen LogP contribution in [0.25, 0.3) is 64.7 Å². The van der Waals surface area contributed by atoms with E-state index in [2.05, 4.69) is 205 Å². The molecule has 0 saturated heterocycles. The van der Waals surface area contributed by atoms with Crippen LogP contribution in [0, 0.1) is 0 Å². The number of anilines is 3. The molecule has 0 bridgehead atoms. The van der Waals surface area contributed by atoms with Crippen LogP contribution in [0.15, 0.2) is 198 Å².